The van der Waals surface area contributed by atoms with Crippen LogP contribution >= 0.6 is 0 Å². The van der Waals surface area contributed by atoms with Crippen LogP contribution in [0.25, 0.3) is 22.4 Å². The molecular formula is C30H30F3N3O5. The summed E-state index contributed by atoms with van der Waals surface area (Å²) in [6.07, 6.45) is 4.78. The Hall–Kier alpha value is -4.28. The number of ether oxygens (including phenoxy) is 4. The zero-order valence-corrected chi connectivity index (χ0v) is 23.0. The van der Waals surface area contributed by atoms with Crippen molar-refractivity contribution in [3.63, 3.8) is 0 Å². The molecule has 1 unspecified atom stereocenters. The fourth-order valence-electron chi connectivity index (χ4n) is 5.46. The number of hydrogen-bond acceptors (Lipinski definition) is 7. The quantitative estimate of drug-likeness (QED) is 0.212. The van der Waals surface area contributed by atoms with Gasteiger partial charge in [-0.2, -0.15) is 4.98 Å². The molecule has 8 nitrogen and oxygen atoms in total. The lowest BCUT2D eigenvalue weighted by Gasteiger charge is -2.33. The molecule has 41 heavy (non-hydrogen) atoms. The molecule has 1 fully saturated rings. The van der Waals surface area contributed by atoms with Crippen LogP contribution in [0, 0.1) is 23.4 Å². The van der Waals surface area contributed by atoms with Crippen LogP contribution in [-0.4, -0.2) is 48.4 Å². The van der Waals surface area contributed by atoms with Gasteiger partial charge in [0.25, 0.3) is 0 Å². The Balaban J connectivity index is 1.64. The Labute approximate surface area is 235 Å². The van der Waals surface area contributed by atoms with E-state index >= 15 is 0 Å². The number of esters is 1. The van der Waals surface area contributed by atoms with Gasteiger partial charge in [-0.3, -0.25) is 0 Å². The standard InChI is InChI=1S/C30H30F3N3O5/c1-38-27-12-10-19(29(35-27)39-2)28-34-23-14-20(31)21(32)15-24(23)36(28)25(17-7-5-4-6-8-17)16-41-26-11-9-18(13-22(26)33)30(37)40-3/h9-15,17,25H,4-8,16H2,1-3H3. The summed E-state index contributed by atoms with van der Waals surface area (Å²) in [5, 5.41) is 0. The molecule has 11 heteroatoms. The van der Waals surface area contributed by atoms with Crippen LogP contribution in [0.15, 0.2) is 42.5 Å². The highest BCUT2D eigenvalue weighted by atomic mass is 19.2. The number of nitrogens with zero attached hydrogens (tertiary/aromatic N) is 3. The summed E-state index contributed by atoms with van der Waals surface area (Å²) in [7, 11) is 4.16. The Bertz CT molecular complexity index is 1570. The molecule has 1 aliphatic carbocycles. The highest BCUT2D eigenvalue weighted by Gasteiger charge is 2.32. The maximum Gasteiger partial charge on any atom is 0.337 e. The second kappa shape index (κ2) is 12.1. The molecule has 1 aliphatic rings. The minimum Gasteiger partial charge on any atom is -0.488 e. The van der Waals surface area contributed by atoms with E-state index in [9.17, 15) is 18.0 Å². The second-order valence-electron chi connectivity index (χ2n) is 9.88. The van der Waals surface area contributed by atoms with Gasteiger partial charge < -0.3 is 23.5 Å². The first-order valence-corrected chi connectivity index (χ1v) is 13.3. The molecular weight excluding hydrogens is 539 g/mol. The summed E-state index contributed by atoms with van der Waals surface area (Å²) in [6.45, 7) is 0.00249. The number of hydrogen-bond donors (Lipinski definition) is 0. The molecule has 2 aromatic heterocycles. The maximum absolute atomic E-state index is 15.0. The van der Waals surface area contributed by atoms with E-state index < -0.39 is 29.5 Å². The van der Waals surface area contributed by atoms with Crippen molar-refractivity contribution in [2.75, 3.05) is 27.9 Å². The van der Waals surface area contributed by atoms with E-state index in [-0.39, 0.29) is 35.2 Å². The number of pyridine rings is 1. The molecule has 0 radical (unpaired) electrons. The topological polar surface area (TPSA) is 84.7 Å². The summed E-state index contributed by atoms with van der Waals surface area (Å²) >= 11 is 0. The average Bonchev–Trinajstić information content (AvgIpc) is 3.35. The van der Waals surface area contributed by atoms with Gasteiger partial charge in [0.05, 0.1) is 49.5 Å². The number of halogens is 3. The van der Waals surface area contributed by atoms with E-state index in [1.165, 1.54) is 33.5 Å². The third-order valence-corrected chi connectivity index (χ3v) is 7.50. The number of imidazole rings is 1. The van der Waals surface area contributed by atoms with E-state index in [1.54, 1.807) is 12.1 Å². The van der Waals surface area contributed by atoms with E-state index in [0.717, 1.165) is 50.3 Å². The van der Waals surface area contributed by atoms with Gasteiger partial charge in [-0.15, -0.1) is 0 Å². The van der Waals surface area contributed by atoms with E-state index in [2.05, 4.69) is 9.72 Å². The van der Waals surface area contributed by atoms with Crippen LogP contribution in [0.5, 0.6) is 17.5 Å². The van der Waals surface area contributed by atoms with Crippen LogP contribution in [0.2, 0.25) is 0 Å². The Morgan fingerprint density at radius 3 is 2.37 bits per heavy atom. The highest BCUT2D eigenvalue weighted by Crippen LogP contribution is 2.41. The number of carbonyl (C=O) groups is 1. The molecule has 4 aromatic rings. The molecule has 216 valence electrons. The van der Waals surface area contributed by atoms with Gasteiger partial charge in [-0.25, -0.2) is 22.9 Å². The van der Waals surface area contributed by atoms with Crippen molar-refractivity contribution in [2.45, 2.75) is 38.1 Å². The van der Waals surface area contributed by atoms with Crippen molar-refractivity contribution in [2.24, 2.45) is 5.92 Å². The van der Waals surface area contributed by atoms with Gasteiger partial charge in [-0.1, -0.05) is 19.3 Å². The molecule has 2 aromatic carbocycles. The Kier molecular flexibility index (Phi) is 8.32. The molecule has 5 rings (SSSR count). The van der Waals surface area contributed by atoms with Crippen molar-refractivity contribution in [1.82, 2.24) is 14.5 Å². The third kappa shape index (κ3) is 5.66. The second-order valence-corrected chi connectivity index (χ2v) is 9.88. The first-order chi connectivity index (χ1) is 19.8. The van der Waals surface area contributed by atoms with Crippen LogP contribution in [0.3, 0.4) is 0 Å². The third-order valence-electron chi connectivity index (χ3n) is 7.50. The SMILES string of the molecule is COC(=O)c1ccc(OCC(C2CCCCC2)n2c(-c3ccc(OC)nc3OC)nc3cc(F)c(F)cc32)c(F)c1. The first kappa shape index (κ1) is 28.3. The molecule has 0 aliphatic heterocycles. The van der Waals surface area contributed by atoms with Crippen LogP contribution < -0.4 is 14.2 Å². The minimum atomic E-state index is -1.02. The molecule has 0 spiro atoms. The highest BCUT2D eigenvalue weighted by molar-refractivity contribution is 5.89. The Morgan fingerprint density at radius 1 is 0.927 bits per heavy atom. The minimum absolute atomic E-state index is 0.00249. The monoisotopic (exact) mass is 569 g/mol. The van der Waals surface area contributed by atoms with Crippen molar-refractivity contribution < 1.29 is 36.9 Å². The largest absolute Gasteiger partial charge is 0.488 e. The smallest absolute Gasteiger partial charge is 0.337 e. The lowest BCUT2D eigenvalue weighted by atomic mass is 9.83. The maximum atomic E-state index is 15.0. The van der Waals surface area contributed by atoms with Gasteiger partial charge in [0.15, 0.2) is 23.2 Å². The van der Waals surface area contributed by atoms with Gasteiger partial charge in [-0.05, 0) is 43.0 Å². The molecule has 0 amide bonds. The Morgan fingerprint density at radius 2 is 1.68 bits per heavy atom. The number of fused-ring (bicyclic) bond motifs is 1. The average molecular weight is 570 g/mol. The molecule has 1 saturated carbocycles. The normalized spacial score (nSPS) is 14.6. The van der Waals surface area contributed by atoms with Gasteiger partial charge in [0.2, 0.25) is 11.8 Å². The van der Waals surface area contributed by atoms with Gasteiger partial charge in [0, 0.05) is 18.2 Å². The number of methoxy groups -OCH3 is 3. The molecule has 0 bridgehead atoms. The van der Waals surface area contributed by atoms with Gasteiger partial charge >= 0.3 is 5.97 Å². The van der Waals surface area contributed by atoms with Crippen molar-refractivity contribution in [3.05, 3.63) is 65.5 Å². The number of benzene rings is 2. The lowest BCUT2D eigenvalue weighted by molar-refractivity contribution is 0.0600. The van der Waals surface area contributed by atoms with Gasteiger partial charge in [0.1, 0.15) is 12.4 Å². The van der Waals surface area contributed by atoms with Crippen molar-refractivity contribution in [1.29, 1.82) is 0 Å². The fraction of sp³-hybridized carbons (Fsp3) is 0.367. The van der Waals surface area contributed by atoms with Crippen LogP contribution in [0.1, 0.15) is 48.5 Å². The summed E-state index contributed by atoms with van der Waals surface area (Å²) in [5.74, 6) is -2.49. The van der Waals surface area contributed by atoms with Crippen molar-refractivity contribution >= 4 is 17.0 Å². The summed E-state index contributed by atoms with van der Waals surface area (Å²) in [4.78, 5) is 20.9. The predicted octanol–water partition coefficient (Wildman–Crippen LogP) is 6.52. The zero-order valence-electron chi connectivity index (χ0n) is 23.0. The van der Waals surface area contributed by atoms with Crippen LogP contribution in [-0.2, 0) is 4.74 Å². The molecule has 0 N–H and O–H groups in total. The summed E-state index contributed by atoms with van der Waals surface area (Å²) in [5.41, 5.74) is 1.14. The van der Waals surface area contributed by atoms with E-state index in [1.807, 2.05) is 4.57 Å². The summed E-state index contributed by atoms with van der Waals surface area (Å²) in [6, 6.07) is 8.95. The van der Waals surface area contributed by atoms with E-state index in [4.69, 9.17) is 19.2 Å². The number of rotatable bonds is 9. The lowest BCUT2D eigenvalue weighted by Crippen LogP contribution is -2.28. The first-order valence-electron chi connectivity index (χ1n) is 13.3. The molecule has 1 atom stereocenters. The molecule has 0 saturated heterocycles. The van der Waals surface area contributed by atoms with Crippen LogP contribution in [0.4, 0.5) is 13.2 Å². The number of carbonyl (C=O) groups excluding carboxylic acids is 1. The zero-order chi connectivity index (χ0) is 29.1. The molecule has 2 heterocycles. The number of aromatic nitrogens is 3. The van der Waals surface area contributed by atoms with Crippen molar-refractivity contribution in [3.8, 4) is 28.9 Å². The predicted molar refractivity (Wildman–Crippen MR) is 145 cm³/mol. The van der Waals surface area contributed by atoms with E-state index in [0.29, 0.717) is 22.8 Å². The fourth-order valence-corrected chi connectivity index (χ4v) is 5.46. The summed E-state index contributed by atoms with van der Waals surface area (Å²) < 4.78 is 67.2.